The van der Waals surface area contributed by atoms with Crippen LogP contribution in [0.1, 0.15) is 5.69 Å². The zero-order chi connectivity index (χ0) is 24.3. The third kappa shape index (κ3) is 5.53. The lowest BCUT2D eigenvalue weighted by atomic mass is 9.99. The number of hydrogen-bond donors (Lipinski definition) is 4. The molecule has 0 radical (unpaired) electrons. The van der Waals surface area contributed by atoms with Gasteiger partial charge in [-0.15, -0.1) is 0 Å². The average molecular weight is 485 g/mol. The van der Waals surface area contributed by atoms with Crippen LogP contribution in [0.3, 0.4) is 0 Å². The maximum Gasteiger partial charge on any atom is 0.433 e. The van der Waals surface area contributed by atoms with Crippen LogP contribution < -0.4 is 19.7 Å². The third-order valence-electron chi connectivity index (χ3n) is 5.67. The fourth-order valence-electron chi connectivity index (χ4n) is 3.85. The van der Waals surface area contributed by atoms with Gasteiger partial charge in [-0.25, -0.2) is 4.98 Å². The Bertz CT molecular complexity index is 942. The van der Waals surface area contributed by atoms with Gasteiger partial charge in [0, 0.05) is 37.9 Å². The lowest BCUT2D eigenvalue weighted by molar-refractivity contribution is -0.272. The fourth-order valence-corrected chi connectivity index (χ4v) is 3.85. The van der Waals surface area contributed by atoms with Crippen molar-refractivity contribution in [1.82, 2.24) is 10.3 Å². The van der Waals surface area contributed by atoms with Crippen molar-refractivity contribution in [2.45, 2.75) is 36.9 Å². The van der Waals surface area contributed by atoms with Crippen LogP contribution in [0.2, 0.25) is 0 Å². The number of rotatable bonds is 6. The summed E-state index contributed by atoms with van der Waals surface area (Å²) in [4.78, 5) is 5.63. The minimum Gasteiger partial charge on any atom is -0.465 e. The molecular formula is C22H26F3N3O6. The highest BCUT2D eigenvalue weighted by Gasteiger charge is 2.47. The highest BCUT2D eigenvalue weighted by Crippen LogP contribution is 2.31. The second kappa shape index (κ2) is 10.3. The number of anilines is 1. The summed E-state index contributed by atoms with van der Waals surface area (Å²) in [7, 11) is 0. The predicted octanol–water partition coefficient (Wildman–Crippen LogP) is 0.775. The molecule has 4 N–H and O–H groups in total. The standard InChI is InChI=1S/C22H26F3N3O6/c23-22(24,25)16-2-1-3-17(27-16)34-20-19(31)18(30)15(12-29)33-21(20)32-14-6-4-13(5-7-14)28-10-8-26-9-11-28/h1-7,15,18-21,26,29-31H,8-12H2/t15-,18+,19+,20-,21+/m1/s1. The summed E-state index contributed by atoms with van der Waals surface area (Å²) in [5, 5.41) is 33.6. The molecule has 0 unspecified atom stereocenters. The number of ether oxygens (including phenoxy) is 3. The average Bonchev–Trinajstić information content (AvgIpc) is 2.84. The van der Waals surface area contributed by atoms with Gasteiger partial charge in [-0.1, -0.05) is 6.07 Å². The van der Waals surface area contributed by atoms with Gasteiger partial charge >= 0.3 is 6.18 Å². The number of piperazine rings is 1. The smallest absolute Gasteiger partial charge is 0.433 e. The Balaban J connectivity index is 1.53. The summed E-state index contributed by atoms with van der Waals surface area (Å²) < 4.78 is 56.0. The van der Waals surface area contributed by atoms with Crippen LogP contribution >= 0.6 is 0 Å². The van der Waals surface area contributed by atoms with Crippen LogP contribution in [0.15, 0.2) is 42.5 Å². The Kier molecular flexibility index (Phi) is 7.43. The molecule has 2 fully saturated rings. The van der Waals surface area contributed by atoms with Gasteiger partial charge in [0.2, 0.25) is 12.2 Å². The van der Waals surface area contributed by atoms with E-state index in [0.29, 0.717) is 5.75 Å². The minimum atomic E-state index is -4.69. The summed E-state index contributed by atoms with van der Waals surface area (Å²) in [5.74, 6) is -0.0884. The molecule has 0 aliphatic carbocycles. The first-order chi connectivity index (χ1) is 16.3. The van der Waals surface area contributed by atoms with Gasteiger partial charge < -0.3 is 39.7 Å². The summed E-state index contributed by atoms with van der Waals surface area (Å²) in [6.45, 7) is 2.84. The second-order valence-electron chi connectivity index (χ2n) is 8.00. The molecule has 186 valence electrons. The fraction of sp³-hybridized carbons (Fsp3) is 0.500. The molecule has 9 nitrogen and oxygen atoms in total. The molecule has 2 aliphatic heterocycles. The lowest BCUT2D eigenvalue weighted by Crippen LogP contribution is -2.62. The van der Waals surface area contributed by atoms with E-state index in [4.69, 9.17) is 14.2 Å². The van der Waals surface area contributed by atoms with E-state index in [9.17, 15) is 28.5 Å². The van der Waals surface area contributed by atoms with Gasteiger partial charge in [-0.05, 0) is 30.3 Å². The first-order valence-electron chi connectivity index (χ1n) is 10.8. The lowest BCUT2D eigenvalue weighted by Gasteiger charge is -2.41. The zero-order valence-corrected chi connectivity index (χ0v) is 18.1. The number of pyridine rings is 1. The third-order valence-corrected chi connectivity index (χ3v) is 5.67. The summed E-state index contributed by atoms with van der Waals surface area (Å²) in [6, 6.07) is 10.2. The van der Waals surface area contributed by atoms with Crippen molar-refractivity contribution >= 4 is 5.69 Å². The number of alkyl halides is 3. The van der Waals surface area contributed by atoms with Gasteiger partial charge in [0.15, 0.2) is 6.10 Å². The van der Waals surface area contributed by atoms with Crippen molar-refractivity contribution in [2.24, 2.45) is 0 Å². The molecule has 2 aliphatic rings. The monoisotopic (exact) mass is 485 g/mol. The predicted molar refractivity (Wildman–Crippen MR) is 114 cm³/mol. The normalized spacial score (nSPS) is 27.9. The molecule has 4 rings (SSSR count). The first kappa shape index (κ1) is 24.5. The molecule has 5 atom stereocenters. The van der Waals surface area contributed by atoms with Crippen molar-refractivity contribution < 1.29 is 42.7 Å². The molecule has 0 spiro atoms. The van der Waals surface area contributed by atoms with E-state index in [1.165, 1.54) is 6.07 Å². The van der Waals surface area contributed by atoms with Crippen LogP contribution in [-0.4, -0.2) is 83.8 Å². The molecule has 2 aromatic rings. The van der Waals surface area contributed by atoms with Crippen molar-refractivity contribution in [3.63, 3.8) is 0 Å². The molecule has 12 heteroatoms. The number of hydrogen-bond acceptors (Lipinski definition) is 9. The number of nitrogens with zero attached hydrogens (tertiary/aromatic N) is 2. The van der Waals surface area contributed by atoms with Gasteiger partial charge in [-0.3, -0.25) is 0 Å². The topological polar surface area (TPSA) is 117 Å². The second-order valence-corrected chi connectivity index (χ2v) is 8.00. The Labute approximate surface area is 193 Å². The van der Waals surface area contributed by atoms with Crippen LogP contribution in [0, 0.1) is 0 Å². The largest absolute Gasteiger partial charge is 0.465 e. The van der Waals surface area contributed by atoms with E-state index in [1.807, 2.05) is 12.1 Å². The molecule has 0 amide bonds. The first-order valence-corrected chi connectivity index (χ1v) is 10.8. The van der Waals surface area contributed by atoms with E-state index >= 15 is 0 Å². The van der Waals surface area contributed by atoms with Crippen LogP contribution in [0.4, 0.5) is 18.9 Å². The summed E-state index contributed by atoms with van der Waals surface area (Å²) in [5.41, 5.74) is -0.186. The van der Waals surface area contributed by atoms with E-state index < -0.39 is 55.1 Å². The van der Waals surface area contributed by atoms with Crippen LogP contribution in [-0.2, 0) is 10.9 Å². The molecule has 1 aromatic heterocycles. The molecule has 2 saturated heterocycles. The van der Waals surface area contributed by atoms with E-state index in [0.717, 1.165) is 44.0 Å². The van der Waals surface area contributed by atoms with Crippen molar-refractivity contribution in [3.8, 4) is 11.6 Å². The van der Waals surface area contributed by atoms with E-state index in [2.05, 4.69) is 15.2 Å². The number of nitrogens with one attached hydrogen (secondary N) is 1. The van der Waals surface area contributed by atoms with Gasteiger partial charge in [-0.2, -0.15) is 13.2 Å². The van der Waals surface area contributed by atoms with Crippen LogP contribution in [0.5, 0.6) is 11.6 Å². The van der Waals surface area contributed by atoms with Gasteiger partial charge in [0.05, 0.1) is 6.61 Å². The molecule has 1 aromatic carbocycles. The quantitative estimate of drug-likeness (QED) is 0.471. The van der Waals surface area contributed by atoms with Crippen molar-refractivity contribution in [3.05, 3.63) is 48.2 Å². The number of aliphatic hydroxyl groups excluding tert-OH is 3. The van der Waals surface area contributed by atoms with Crippen LogP contribution in [0.25, 0.3) is 0 Å². The van der Waals surface area contributed by atoms with Crippen molar-refractivity contribution in [1.29, 1.82) is 0 Å². The Hall–Kier alpha value is -2.64. The number of aromatic nitrogens is 1. The molecule has 0 bridgehead atoms. The highest BCUT2D eigenvalue weighted by atomic mass is 19.4. The Morgan fingerprint density at radius 1 is 1.03 bits per heavy atom. The zero-order valence-electron chi connectivity index (χ0n) is 18.1. The Morgan fingerprint density at radius 3 is 2.38 bits per heavy atom. The molecular weight excluding hydrogens is 459 g/mol. The summed E-state index contributed by atoms with van der Waals surface area (Å²) >= 11 is 0. The minimum absolute atomic E-state index is 0.342. The Morgan fingerprint density at radius 2 is 1.74 bits per heavy atom. The van der Waals surface area contributed by atoms with E-state index in [-0.39, 0.29) is 0 Å². The van der Waals surface area contributed by atoms with Gasteiger partial charge in [0.1, 0.15) is 29.8 Å². The summed E-state index contributed by atoms with van der Waals surface area (Å²) in [6.07, 6.45) is -11.8. The molecule has 34 heavy (non-hydrogen) atoms. The number of benzene rings is 1. The van der Waals surface area contributed by atoms with E-state index in [1.54, 1.807) is 12.1 Å². The van der Waals surface area contributed by atoms with Gasteiger partial charge in [0.25, 0.3) is 0 Å². The molecule has 3 heterocycles. The maximum atomic E-state index is 13.0. The highest BCUT2D eigenvalue weighted by molar-refractivity contribution is 5.49. The molecule has 0 saturated carbocycles. The maximum absolute atomic E-state index is 13.0. The van der Waals surface area contributed by atoms with Crippen molar-refractivity contribution in [2.75, 3.05) is 37.7 Å². The number of halogens is 3. The number of aliphatic hydroxyl groups is 3. The SMILES string of the molecule is OC[C@H]1O[C@H](Oc2ccc(N3CCNCC3)cc2)[C@H](Oc2cccc(C(F)(F)F)n2)[C@@H](O)[C@H]1O.